The maximum Gasteiger partial charge on any atom is 0.117 e. The SMILES string of the molecule is C=C(O)c1c(C2CC2)nc2ccc(Cl)cc2c1Cc1ccccc1Cl. The molecule has 126 valence electrons. The van der Waals surface area contributed by atoms with Crippen molar-refractivity contribution in [3.05, 3.63) is 81.5 Å². The molecule has 1 aromatic heterocycles. The fourth-order valence-corrected chi connectivity index (χ4v) is 3.69. The van der Waals surface area contributed by atoms with Gasteiger partial charge in [0.2, 0.25) is 0 Å². The fourth-order valence-electron chi connectivity index (χ4n) is 3.31. The van der Waals surface area contributed by atoms with Crippen molar-refractivity contribution in [1.29, 1.82) is 0 Å². The minimum atomic E-state index is 0.0540. The summed E-state index contributed by atoms with van der Waals surface area (Å²) in [5.74, 6) is 0.447. The van der Waals surface area contributed by atoms with E-state index >= 15 is 0 Å². The topological polar surface area (TPSA) is 33.1 Å². The molecule has 1 aliphatic rings. The highest BCUT2D eigenvalue weighted by Crippen LogP contribution is 2.44. The molecule has 0 radical (unpaired) electrons. The number of aliphatic hydroxyl groups excluding tert-OH is 1. The molecule has 0 atom stereocenters. The van der Waals surface area contributed by atoms with Crippen molar-refractivity contribution >= 4 is 39.9 Å². The highest BCUT2D eigenvalue weighted by molar-refractivity contribution is 6.31. The van der Waals surface area contributed by atoms with Crippen LogP contribution in [0.3, 0.4) is 0 Å². The monoisotopic (exact) mass is 369 g/mol. The second kappa shape index (κ2) is 6.36. The molecule has 0 amide bonds. The van der Waals surface area contributed by atoms with Crippen molar-refractivity contribution in [2.45, 2.75) is 25.2 Å². The van der Waals surface area contributed by atoms with Crippen LogP contribution in [0.25, 0.3) is 16.7 Å². The molecule has 0 bridgehead atoms. The third-order valence-corrected chi connectivity index (χ3v) is 5.26. The van der Waals surface area contributed by atoms with E-state index in [1.807, 2.05) is 42.5 Å². The van der Waals surface area contributed by atoms with Crippen molar-refractivity contribution in [2.24, 2.45) is 0 Å². The van der Waals surface area contributed by atoms with Crippen LogP contribution in [0.5, 0.6) is 0 Å². The molecule has 0 saturated heterocycles. The minimum absolute atomic E-state index is 0.0540. The first-order valence-electron chi connectivity index (χ1n) is 8.28. The van der Waals surface area contributed by atoms with Crippen LogP contribution < -0.4 is 0 Å². The maximum absolute atomic E-state index is 10.3. The van der Waals surface area contributed by atoms with Gasteiger partial charge in [0.1, 0.15) is 5.76 Å². The van der Waals surface area contributed by atoms with Crippen LogP contribution in [0.2, 0.25) is 10.0 Å². The van der Waals surface area contributed by atoms with Crippen molar-refractivity contribution in [2.75, 3.05) is 0 Å². The summed E-state index contributed by atoms with van der Waals surface area (Å²) in [4.78, 5) is 4.81. The quantitative estimate of drug-likeness (QED) is 0.529. The lowest BCUT2D eigenvalue weighted by atomic mass is 9.92. The van der Waals surface area contributed by atoms with Crippen LogP contribution in [0.4, 0.5) is 0 Å². The van der Waals surface area contributed by atoms with Gasteiger partial charge in [-0.1, -0.05) is 48.0 Å². The number of fused-ring (bicyclic) bond motifs is 1. The van der Waals surface area contributed by atoms with Gasteiger partial charge in [0.05, 0.1) is 11.2 Å². The Labute approximate surface area is 156 Å². The Morgan fingerprint density at radius 1 is 1.16 bits per heavy atom. The normalized spacial score (nSPS) is 14.0. The third kappa shape index (κ3) is 3.12. The Morgan fingerprint density at radius 3 is 2.60 bits per heavy atom. The first-order chi connectivity index (χ1) is 12.0. The molecule has 25 heavy (non-hydrogen) atoms. The second-order valence-electron chi connectivity index (χ2n) is 6.50. The van der Waals surface area contributed by atoms with Crippen LogP contribution in [-0.2, 0) is 6.42 Å². The highest BCUT2D eigenvalue weighted by atomic mass is 35.5. The van der Waals surface area contributed by atoms with E-state index in [0.29, 0.717) is 22.4 Å². The molecule has 3 aromatic rings. The van der Waals surface area contributed by atoms with Crippen molar-refractivity contribution in [3.8, 4) is 0 Å². The highest BCUT2D eigenvalue weighted by Gasteiger charge is 2.31. The number of halogens is 2. The zero-order chi connectivity index (χ0) is 17.6. The molecule has 1 saturated carbocycles. The lowest BCUT2D eigenvalue weighted by molar-refractivity contribution is 0.511. The van der Waals surface area contributed by atoms with Crippen molar-refractivity contribution in [1.82, 2.24) is 4.98 Å². The molecule has 4 heteroatoms. The van der Waals surface area contributed by atoms with Gasteiger partial charge in [-0.05, 0) is 48.2 Å². The molecule has 0 spiro atoms. The first kappa shape index (κ1) is 16.4. The average molecular weight is 370 g/mol. The summed E-state index contributed by atoms with van der Waals surface area (Å²) in [5.41, 5.74) is 4.55. The van der Waals surface area contributed by atoms with Gasteiger partial charge in [0, 0.05) is 33.3 Å². The molecule has 0 aliphatic heterocycles. The number of aromatic nitrogens is 1. The van der Waals surface area contributed by atoms with E-state index in [4.69, 9.17) is 28.2 Å². The first-order valence-corrected chi connectivity index (χ1v) is 9.04. The van der Waals surface area contributed by atoms with E-state index in [1.165, 1.54) is 0 Å². The Balaban J connectivity index is 2.01. The number of hydrogen-bond acceptors (Lipinski definition) is 2. The largest absolute Gasteiger partial charge is 0.508 e. The number of hydrogen-bond donors (Lipinski definition) is 1. The van der Waals surface area contributed by atoms with Gasteiger partial charge in [0.25, 0.3) is 0 Å². The molecule has 1 heterocycles. The van der Waals surface area contributed by atoms with Crippen LogP contribution in [0.15, 0.2) is 49.0 Å². The summed E-state index contributed by atoms with van der Waals surface area (Å²) in [6.45, 7) is 3.80. The molecule has 1 aliphatic carbocycles. The predicted molar refractivity (Wildman–Crippen MR) is 105 cm³/mol. The van der Waals surface area contributed by atoms with Gasteiger partial charge in [-0.15, -0.1) is 0 Å². The molecule has 2 aromatic carbocycles. The van der Waals surface area contributed by atoms with Crippen LogP contribution in [0, 0.1) is 0 Å². The maximum atomic E-state index is 10.3. The summed E-state index contributed by atoms with van der Waals surface area (Å²) in [5, 5.41) is 12.6. The third-order valence-electron chi connectivity index (χ3n) is 4.66. The second-order valence-corrected chi connectivity index (χ2v) is 7.34. The fraction of sp³-hybridized carbons (Fsp3) is 0.190. The number of aliphatic hydroxyl groups is 1. The summed E-state index contributed by atoms with van der Waals surface area (Å²) in [6, 6.07) is 13.4. The van der Waals surface area contributed by atoms with E-state index in [0.717, 1.165) is 46.1 Å². The molecule has 1 N–H and O–H groups in total. The average Bonchev–Trinajstić information content (AvgIpc) is 3.41. The van der Waals surface area contributed by atoms with Gasteiger partial charge >= 0.3 is 0 Å². The zero-order valence-electron chi connectivity index (χ0n) is 13.6. The van der Waals surface area contributed by atoms with Crippen molar-refractivity contribution < 1.29 is 5.11 Å². The van der Waals surface area contributed by atoms with Gasteiger partial charge < -0.3 is 5.11 Å². The molecule has 2 nitrogen and oxygen atoms in total. The zero-order valence-corrected chi connectivity index (χ0v) is 15.1. The molecule has 4 rings (SSSR count). The molecule has 1 fully saturated rings. The van der Waals surface area contributed by atoms with E-state index in [2.05, 4.69) is 6.58 Å². The van der Waals surface area contributed by atoms with Crippen LogP contribution in [-0.4, -0.2) is 10.1 Å². The Hall–Kier alpha value is -2.03. The van der Waals surface area contributed by atoms with E-state index in [-0.39, 0.29) is 5.76 Å². The smallest absolute Gasteiger partial charge is 0.117 e. The summed E-state index contributed by atoms with van der Waals surface area (Å²) in [6.07, 6.45) is 2.78. The lowest BCUT2D eigenvalue weighted by Gasteiger charge is -2.17. The van der Waals surface area contributed by atoms with E-state index < -0.39 is 0 Å². The number of benzene rings is 2. The lowest BCUT2D eigenvalue weighted by Crippen LogP contribution is -2.05. The molecule has 0 unspecified atom stereocenters. The minimum Gasteiger partial charge on any atom is -0.508 e. The Bertz CT molecular complexity index is 993. The predicted octanol–water partition coefficient (Wildman–Crippen LogP) is 6.54. The van der Waals surface area contributed by atoms with Crippen molar-refractivity contribution in [3.63, 3.8) is 0 Å². The van der Waals surface area contributed by atoms with Crippen LogP contribution >= 0.6 is 23.2 Å². The number of pyridine rings is 1. The Kier molecular flexibility index (Phi) is 4.18. The summed E-state index contributed by atoms with van der Waals surface area (Å²) >= 11 is 12.6. The molecular weight excluding hydrogens is 353 g/mol. The standard InChI is InChI=1S/C21H17Cl2NO/c1-12(25)20-17(10-14-4-2-3-5-18(14)23)16-11-15(22)8-9-19(16)24-21(20)13-6-7-13/h2-5,8-9,11,13,25H,1,6-7,10H2. The number of rotatable bonds is 4. The number of nitrogens with zero attached hydrogens (tertiary/aromatic N) is 1. The van der Waals surface area contributed by atoms with Gasteiger partial charge in [0.15, 0.2) is 0 Å². The van der Waals surface area contributed by atoms with Crippen LogP contribution in [0.1, 0.15) is 41.1 Å². The van der Waals surface area contributed by atoms with E-state index in [1.54, 1.807) is 0 Å². The van der Waals surface area contributed by atoms with Gasteiger partial charge in [-0.3, -0.25) is 4.98 Å². The summed E-state index contributed by atoms with van der Waals surface area (Å²) < 4.78 is 0. The summed E-state index contributed by atoms with van der Waals surface area (Å²) in [7, 11) is 0. The van der Waals surface area contributed by atoms with E-state index in [9.17, 15) is 5.11 Å². The molecular formula is C21H17Cl2NO. The van der Waals surface area contributed by atoms with Gasteiger partial charge in [-0.2, -0.15) is 0 Å². The Morgan fingerprint density at radius 2 is 1.92 bits per heavy atom. The van der Waals surface area contributed by atoms with Gasteiger partial charge in [-0.25, -0.2) is 0 Å².